The second-order valence-electron chi connectivity index (χ2n) is 4.42. The van der Waals surface area contributed by atoms with Gasteiger partial charge in [0.15, 0.2) is 0 Å². The van der Waals surface area contributed by atoms with E-state index in [1.165, 1.54) is 6.07 Å². The fourth-order valence-corrected chi connectivity index (χ4v) is 2.31. The molecule has 0 amide bonds. The third kappa shape index (κ3) is 2.80. The molecule has 0 atom stereocenters. The van der Waals surface area contributed by atoms with Gasteiger partial charge < -0.3 is 9.64 Å². The number of nitriles is 1. The first-order chi connectivity index (χ1) is 8.74. The van der Waals surface area contributed by atoms with Gasteiger partial charge in [-0.2, -0.15) is 5.26 Å². The topological polar surface area (TPSA) is 36.3 Å². The Morgan fingerprint density at radius 3 is 2.72 bits per heavy atom. The van der Waals surface area contributed by atoms with Crippen LogP contribution in [0.2, 0.25) is 0 Å². The van der Waals surface area contributed by atoms with Crippen LogP contribution in [0.1, 0.15) is 25.3 Å². The SMILES string of the molecule is CCOC1CCN(c2ccc(C#N)c(F)c2)CC1. The Balaban J connectivity index is 2.02. The lowest BCUT2D eigenvalue weighted by molar-refractivity contribution is 0.0459. The predicted octanol–water partition coefficient (Wildman–Crippen LogP) is 2.70. The fraction of sp³-hybridized carbons (Fsp3) is 0.500. The van der Waals surface area contributed by atoms with Crippen molar-refractivity contribution in [2.24, 2.45) is 0 Å². The summed E-state index contributed by atoms with van der Waals surface area (Å²) in [6, 6.07) is 6.63. The summed E-state index contributed by atoms with van der Waals surface area (Å²) < 4.78 is 19.1. The average Bonchev–Trinajstić information content (AvgIpc) is 2.40. The molecule has 1 heterocycles. The molecule has 0 unspecified atom stereocenters. The van der Waals surface area contributed by atoms with E-state index >= 15 is 0 Å². The van der Waals surface area contributed by atoms with Gasteiger partial charge in [-0.3, -0.25) is 0 Å². The molecule has 4 heteroatoms. The fourth-order valence-electron chi connectivity index (χ4n) is 2.31. The molecule has 2 rings (SSSR count). The Bertz CT molecular complexity index is 448. The van der Waals surface area contributed by atoms with Crippen molar-refractivity contribution < 1.29 is 9.13 Å². The van der Waals surface area contributed by atoms with E-state index in [2.05, 4.69) is 4.90 Å². The van der Waals surface area contributed by atoms with E-state index < -0.39 is 5.82 Å². The van der Waals surface area contributed by atoms with Crippen LogP contribution in [-0.2, 0) is 4.74 Å². The number of hydrogen-bond donors (Lipinski definition) is 0. The Kier molecular flexibility index (Phi) is 4.16. The molecule has 1 saturated heterocycles. The van der Waals surface area contributed by atoms with Crippen LogP contribution in [0.5, 0.6) is 0 Å². The number of piperidine rings is 1. The molecule has 1 aliphatic rings. The first kappa shape index (κ1) is 12.8. The minimum atomic E-state index is -0.443. The van der Waals surface area contributed by atoms with Gasteiger partial charge in [0.25, 0.3) is 0 Å². The minimum Gasteiger partial charge on any atom is -0.378 e. The maximum atomic E-state index is 13.5. The number of rotatable bonds is 3. The third-order valence-corrected chi connectivity index (χ3v) is 3.28. The summed E-state index contributed by atoms with van der Waals surface area (Å²) in [7, 11) is 0. The zero-order valence-corrected chi connectivity index (χ0v) is 10.5. The molecule has 18 heavy (non-hydrogen) atoms. The highest BCUT2D eigenvalue weighted by atomic mass is 19.1. The molecule has 0 aliphatic carbocycles. The summed E-state index contributed by atoms with van der Waals surface area (Å²) in [4.78, 5) is 2.14. The Morgan fingerprint density at radius 2 is 2.17 bits per heavy atom. The number of halogens is 1. The number of benzene rings is 1. The van der Waals surface area contributed by atoms with Crippen LogP contribution >= 0.6 is 0 Å². The Labute approximate surface area is 107 Å². The Morgan fingerprint density at radius 1 is 1.44 bits per heavy atom. The third-order valence-electron chi connectivity index (χ3n) is 3.28. The normalized spacial score (nSPS) is 16.6. The maximum Gasteiger partial charge on any atom is 0.143 e. The average molecular weight is 248 g/mol. The Hall–Kier alpha value is -1.60. The van der Waals surface area contributed by atoms with Crippen LogP contribution in [0.15, 0.2) is 18.2 Å². The summed E-state index contributed by atoms with van der Waals surface area (Å²) >= 11 is 0. The lowest BCUT2D eigenvalue weighted by Crippen LogP contribution is -2.37. The molecule has 1 fully saturated rings. The minimum absolute atomic E-state index is 0.1000. The van der Waals surface area contributed by atoms with Gasteiger partial charge in [-0.1, -0.05) is 0 Å². The lowest BCUT2D eigenvalue weighted by atomic mass is 10.1. The first-order valence-electron chi connectivity index (χ1n) is 6.30. The monoisotopic (exact) mass is 248 g/mol. The largest absolute Gasteiger partial charge is 0.378 e. The highest BCUT2D eigenvalue weighted by molar-refractivity contribution is 5.50. The zero-order chi connectivity index (χ0) is 13.0. The number of anilines is 1. The van der Waals surface area contributed by atoms with E-state index in [1.54, 1.807) is 6.07 Å². The molecule has 0 saturated carbocycles. The second-order valence-corrected chi connectivity index (χ2v) is 4.42. The highest BCUT2D eigenvalue weighted by Gasteiger charge is 2.20. The van der Waals surface area contributed by atoms with E-state index in [-0.39, 0.29) is 5.56 Å². The van der Waals surface area contributed by atoms with Gasteiger partial charge in [-0.05, 0) is 38.0 Å². The van der Waals surface area contributed by atoms with Crippen LogP contribution in [0.3, 0.4) is 0 Å². The van der Waals surface area contributed by atoms with Crippen LogP contribution in [-0.4, -0.2) is 25.8 Å². The second kappa shape index (κ2) is 5.83. The molecular weight excluding hydrogens is 231 g/mol. The van der Waals surface area contributed by atoms with E-state index in [4.69, 9.17) is 10.00 Å². The van der Waals surface area contributed by atoms with E-state index in [9.17, 15) is 4.39 Å². The molecule has 1 aromatic rings. The molecule has 96 valence electrons. The van der Waals surface area contributed by atoms with Crippen molar-refractivity contribution >= 4 is 5.69 Å². The molecule has 0 aromatic heterocycles. The van der Waals surface area contributed by atoms with Gasteiger partial charge in [0.1, 0.15) is 11.9 Å². The van der Waals surface area contributed by atoms with Crippen molar-refractivity contribution in [2.45, 2.75) is 25.9 Å². The maximum absolute atomic E-state index is 13.5. The van der Waals surface area contributed by atoms with Gasteiger partial charge >= 0.3 is 0 Å². The zero-order valence-electron chi connectivity index (χ0n) is 10.5. The summed E-state index contributed by atoms with van der Waals surface area (Å²) in [6.45, 7) is 4.49. The summed E-state index contributed by atoms with van der Waals surface area (Å²) in [6.07, 6.45) is 2.26. The van der Waals surface area contributed by atoms with Crippen LogP contribution < -0.4 is 4.90 Å². The van der Waals surface area contributed by atoms with Crippen LogP contribution in [0, 0.1) is 17.1 Å². The van der Waals surface area contributed by atoms with Crippen molar-refractivity contribution in [3.63, 3.8) is 0 Å². The summed E-state index contributed by atoms with van der Waals surface area (Å²) in [5, 5.41) is 8.69. The number of hydrogen-bond acceptors (Lipinski definition) is 3. The smallest absolute Gasteiger partial charge is 0.143 e. The molecule has 0 N–H and O–H groups in total. The van der Waals surface area contributed by atoms with Gasteiger partial charge in [0.2, 0.25) is 0 Å². The van der Waals surface area contributed by atoms with E-state index in [1.807, 2.05) is 19.1 Å². The summed E-state index contributed by atoms with van der Waals surface area (Å²) in [5.74, 6) is -0.443. The van der Waals surface area contributed by atoms with Crippen molar-refractivity contribution in [3.8, 4) is 6.07 Å². The van der Waals surface area contributed by atoms with Gasteiger partial charge in [-0.25, -0.2) is 4.39 Å². The number of nitrogens with zero attached hydrogens (tertiary/aromatic N) is 2. The molecule has 1 aromatic carbocycles. The summed E-state index contributed by atoms with van der Waals surface area (Å²) in [5.41, 5.74) is 0.949. The van der Waals surface area contributed by atoms with Gasteiger partial charge in [-0.15, -0.1) is 0 Å². The molecule has 1 aliphatic heterocycles. The predicted molar refractivity (Wildman–Crippen MR) is 68.0 cm³/mol. The van der Waals surface area contributed by atoms with Gasteiger partial charge in [0.05, 0.1) is 11.7 Å². The number of ether oxygens (including phenoxy) is 1. The molecule has 3 nitrogen and oxygen atoms in total. The van der Waals surface area contributed by atoms with Crippen molar-refractivity contribution in [1.29, 1.82) is 5.26 Å². The molecule has 0 radical (unpaired) electrons. The molecular formula is C14H17FN2O. The van der Waals surface area contributed by atoms with Gasteiger partial charge in [0, 0.05) is 25.4 Å². The highest BCUT2D eigenvalue weighted by Crippen LogP contribution is 2.23. The van der Waals surface area contributed by atoms with Crippen molar-refractivity contribution in [1.82, 2.24) is 0 Å². The lowest BCUT2D eigenvalue weighted by Gasteiger charge is -2.33. The van der Waals surface area contributed by atoms with Crippen molar-refractivity contribution in [2.75, 3.05) is 24.6 Å². The van der Waals surface area contributed by atoms with Crippen LogP contribution in [0.25, 0.3) is 0 Å². The van der Waals surface area contributed by atoms with Crippen molar-refractivity contribution in [3.05, 3.63) is 29.6 Å². The standard InChI is InChI=1S/C14H17FN2O/c1-2-18-13-5-7-17(8-6-13)12-4-3-11(10-16)14(15)9-12/h3-4,9,13H,2,5-8H2,1H3. The van der Waals surface area contributed by atoms with Crippen LogP contribution in [0.4, 0.5) is 10.1 Å². The van der Waals surface area contributed by atoms with E-state index in [0.29, 0.717) is 6.10 Å². The first-order valence-corrected chi connectivity index (χ1v) is 6.30. The molecule has 0 spiro atoms. The van der Waals surface area contributed by atoms with E-state index in [0.717, 1.165) is 38.2 Å². The quantitative estimate of drug-likeness (QED) is 0.825. The molecule has 0 bridgehead atoms.